The molecule has 0 fully saturated rings. The molecule has 0 aliphatic heterocycles. The van der Waals surface area contributed by atoms with Gasteiger partial charge in [0.25, 0.3) is 0 Å². The van der Waals surface area contributed by atoms with Crippen LogP contribution in [0.1, 0.15) is 61.9 Å². The van der Waals surface area contributed by atoms with Crippen molar-refractivity contribution in [2.45, 2.75) is 46.0 Å². The fourth-order valence-corrected chi connectivity index (χ4v) is 2.06. The quantitative estimate of drug-likeness (QED) is 0.737. The van der Waals surface area contributed by atoms with Crippen molar-refractivity contribution in [3.63, 3.8) is 0 Å². The summed E-state index contributed by atoms with van der Waals surface area (Å²) >= 11 is 0. The van der Waals surface area contributed by atoms with Crippen molar-refractivity contribution in [1.29, 1.82) is 0 Å². The number of aliphatic carboxylic acids is 1. The maximum Gasteiger partial charge on any atom is 0.303 e. The van der Waals surface area contributed by atoms with Gasteiger partial charge in [-0.3, -0.25) is 9.59 Å². The van der Waals surface area contributed by atoms with E-state index in [0.717, 1.165) is 11.3 Å². The second kappa shape index (κ2) is 7.68. The molecule has 1 aromatic carbocycles. The molecular formula is C16H22O4. The highest BCUT2D eigenvalue weighted by atomic mass is 16.5. The highest BCUT2D eigenvalue weighted by Crippen LogP contribution is 2.26. The number of rotatable bonds is 8. The molecule has 0 bridgehead atoms. The lowest BCUT2D eigenvalue weighted by Crippen LogP contribution is -2.07. The molecule has 0 radical (unpaired) electrons. The Bertz CT molecular complexity index is 477. The monoisotopic (exact) mass is 278 g/mol. The summed E-state index contributed by atoms with van der Waals surface area (Å²) in [5.74, 6) is 0.110. The SMILES string of the molecule is CCOc1ccc(C(=O)CCCC(=O)O)c(C(C)C)c1. The number of carboxylic acid groups (broad SMARTS) is 1. The predicted octanol–water partition coefficient (Wildman–Crippen LogP) is 3.65. The van der Waals surface area contributed by atoms with E-state index < -0.39 is 5.97 Å². The second-order valence-corrected chi connectivity index (χ2v) is 5.01. The topological polar surface area (TPSA) is 63.6 Å². The highest BCUT2D eigenvalue weighted by molar-refractivity contribution is 5.98. The van der Waals surface area contributed by atoms with Gasteiger partial charge in [-0.15, -0.1) is 0 Å². The van der Waals surface area contributed by atoms with E-state index in [-0.39, 0.29) is 24.5 Å². The Kier molecular flexibility index (Phi) is 6.22. The maximum absolute atomic E-state index is 12.2. The van der Waals surface area contributed by atoms with Crippen molar-refractivity contribution < 1.29 is 19.4 Å². The van der Waals surface area contributed by atoms with Gasteiger partial charge in [-0.05, 0) is 43.0 Å². The number of Topliss-reactive ketones (excluding diaryl/α,β-unsaturated/α-hetero) is 1. The third-order valence-corrected chi connectivity index (χ3v) is 3.05. The number of benzene rings is 1. The minimum atomic E-state index is -0.867. The Labute approximate surface area is 119 Å². The first-order valence-electron chi connectivity index (χ1n) is 6.97. The van der Waals surface area contributed by atoms with Gasteiger partial charge >= 0.3 is 5.97 Å². The van der Waals surface area contributed by atoms with E-state index in [1.54, 1.807) is 12.1 Å². The molecule has 4 nitrogen and oxygen atoms in total. The molecule has 110 valence electrons. The van der Waals surface area contributed by atoms with Gasteiger partial charge in [0, 0.05) is 18.4 Å². The van der Waals surface area contributed by atoms with Crippen LogP contribution in [0.25, 0.3) is 0 Å². The summed E-state index contributed by atoms with van der Waals surface area (Å²) in [4.78, 5) is 22.7. The van der Waals surface area contributed by atoms with Crippen LogP contribution in [-0.2, 0) is 4.79 Å². The van der Waals surface area contributed by atoms with Crippen LogP contribution >= 0.6 is 0 Å². The van der Waals surface area contributed by atoms with Crippen molar-refractivity contribution in [2.24, 2.45) is 0 Å². The molecule has 0 spiro atoms. The van der Waals surface area contributed by atoms with Crippen molar-refractivity contribution in [3.05, 3.63) is 29.3 Å². The van der Waals surface area contributed by atoms with Crippen molar-refractivity contribution >= 4 is 11.8 Å². The lowest BCUT2D eigenvalue weighted by atomic mass is 9.92. The number of hydrogen-bond donors (Lipinski definition) is 1. The van der Waals surface area contributed by atoms with E-state index in [2.05, 4.69) is 0 Å². The number of hydrogen-bond acceptors (Lipinski definition) is 3. The molecule has 0 heterocycles. The fourth-order valence-electron chi connectivity index (χ4n) is 2.06. The molecule has 0 aliphatic carbocycles. The Balaban J connectivity index is 2.87. The van der Waals surface area contributed by atoms with Crippen LogP contribution in [-0.4, -0.2) is 23.5 Å². The third-order valence-electron chi connectivity index (χ3n) is 3.05. The van der Waals surface area contributed by atoms with Gasteiger partial charge in [0.1, 0.15) is 5.75 Å². The van der Waals surface area contributed by atoms with Crippen molar-refractivity contribution in [2.75, 3.05) is 6.61 Å². The van der Waals surface area contributed by atoms with Gasteiger partial charge < -0.3 is 9.84 Å². The van der Waals surface area contributed by atoms with E-state index in [1.165, 1.54) is 0 Å². The molecule has 0 saturated carbocycles. The molecule has 1 N–H and O–H groups in total. The van der Waals surface area contributed by atoms with Gasteiger partial charge in [0.2, 0.25) is 0 Å². The summed E-state index contributed by atoms with van der Waals surface area (Å²) in [6, 6.07) is 5.47. The largest absolute Gasteiger partial charge is 0.494 e. The van der Waals surface area contributed by atoms with E-state index >= 15 is 0 Å². The van der Waals surface area contributed by atoms with Gasteiger partial charge in [-0.1, -0.05) is 13.8 Å². The first-order chi connectivity index (χ1) is 9.45. The zero-order chi connectivity index (χ0) is 15.1. The number of ketones is 1. The van der Waals surface area contributed by atoms with Crippen LogP contribution in [0.3, 0.4) is 0 Å². The van der Waals surface area contributed by atoms with Crippen molar-refractivity contribution in [3.8, 4) is 5.75 Å². The van der Waals surface area contributed by atoms with Crippen LogP contribution in [0.5, 0.6) is 5.75 Å². The van der Waals surface area contributed by atoms with E-state index in [9.17, 15) is 9.59 Å². The van der Waals surface area contributed by atoms with Crippen LogP contribution < -0.4 is 4.74 Å². The zero-order valence-corrected chi connectivity index (χ0v) is 12.3. The molecule has 0 aromatic heterocycles. The van der Waals surface area contributed by atoms with Gasteiger partial charge in [0.05, 0.1) is 6.61 Å². The molecule has 4 heteroatoms. The summed E-state index contributed by atoms with van der Waals surface area (Å²) in [5.41, 5.74) is 1.63. The number of carboxylic acids is 1. The molecule has 0 unspecified atom stereocenters. The number of carbonyl (C=O) groups excluding carboxylic acids is 1. The zero-order valence-electron chi connectivity index (χ0n) is 12.3. The molecule has 1 aromatic rings. The van der Waals surface area contributed by atoms with Crippen LogP contribution in [0.15, 0.2) is 18.2 Å². The molecule has 0 atom stereocenters. The predicted molar refractivity (Wildman–Crippen MR) is 77.5 cm³/mol. The summed E-state index contributed by atoms with van der Waals surface area (Å²) in [5, 5.41) is 8.61. The van der Waals surface area contributed by atoms with Crippen LogP contribution in [0.2, 0.25) is 0 Å². The summed E-state index contributed by atoms with van der Waals surface area (Å²) in [7, 11) is 0. The molecule has 20 heavy (non-hydrogen) atoms. The van der Waals surface area contributed by atoms with E-state index in [1.807, 2.05) is 26.8 Å². The Morgan fingerprint density at radius 1 is 1.25 bits per heavy atom. The Morgan fingerprint density at radius 2 is 1.95 bits per heavy atom. The number of carbonyl (C=O) groups is 2. The average molecular weight is 278 g/mol. The Morgan fingerprint density at radius 3 is 2.50 bits per heavy atom. The molecular weight excluding hydrogens is 256 g/mol. The molecule has 0 saturated heterocycles. The van der Waals surface area contributed by atoms with Gasteiger partial charge in [-0.25, -0.2) is 0 Å². The fraction of sp³-hybridized carbons (Fsp3) is 0.500. The van der Waals surface area contributed by atoms with Crippen molar-refractivity contribution in [1.82, 2.24) is 0 Å². The molecule has 1 rings (SSSR count). The summed E-state index contributed by atoms with van der Waals surface area (Å²) < 4.78 is 5.46. The van der Waals surface area contributed by atoms with E-state index in [0.29, 0.717) is 18.6 Å². The van der Waals surface area contributed by atoms with Crippen LogP contribution in [0, 0.1) is 0 Å². The number of ether oxygens (including phenoxy) is 1. The lowest BCUT2D eigenvalue weighted by molar-refractivity contribution is -0.137. The first kappa shape index (κ1) is 16.2. The van der Waals surface area contributed by atoms with Crippen LogP contribution in [0.4, 0.5) is 0 Å². The normalized spacial score (nSPS) is 10.6. The minimum absolute atomic E-state index is 0.00185. The van der Waals surface area contributed by atoms with Gasteiger partial charge in [0.15, 0.2) is 5.78 Å². The summed E-state index contributed by atoms with van der Waals surface area (Å²) in [6.45, 7) is 6.56. The smallest absolute Gasteiger partial charge is 0.303 e. The van der Waals surface area contributed by atoms with Gasteiger partial charge in [-0.2, -0.15) is 0 Å². The lowest BCUT2D eigenvalue weighted by Gasteiger charge is -2.14. The maximum atomic E-state index is 12.2. The summed E-state index contributed by atoms with van der Waals surface area (Å²) in [6.07, 6.45) is 0.665. The second-order valence-electron chi connectivity index (χ2n) is 5.01. The Hall–Kier alpha value is -1.84. The first-order valence-corrected chi connectivity index (χ1v) is 6.97. The minimum Gasteiger partial charge on any atom is -0.494 e. The average Bonchev–Trinajstić information content (AvgIpc) is 2.38. The van der Waals surface area contributed by atoms with E-state index in [4.69, 9.17) is 9.84 Å². The standard InChI is InChI=1S/C16H22O4/c1-4-20-12-8-9-13(14(10-12)11(2)3)15(17)6-5-7-16(18)19/h8-11H,4-7H2,1-3H3,(H,18,19). The highest BCUT2D eigenvalue weighted by Gasteiger charge is 2.15. The molecule has 0 aliphatic rings. The third kappa shape index (κ3) is 4.68. The molecule has 0 amide bonds.